The van der Waals surface area contributed by atoms with Crippen molar-refractivity contribution in [3.05, 3.63) is 0 Å². The second kappa shape index (κ2) is 15.2. The number of thioether (sulfide) groups is 1. The minimum Gasteiger partial charge on any atom is -0.355 e. The van der Waals surface area contributed by atoms with Gasteiger partial charge in [-0.1, -0.05) is 20.8 Å². The van der Waals surface area contributed by atoms with E-state index in [9.17, 15) is 9.59 Å². The maximum absolute atomic E-state index is 11.8. The number of nitrogens with one attached hydrogen (secondary N) is 2. The van der Waals surface area contributed by atoms with E-state index < -0.39 is 0 Å². The first-order chi connectivity index (χ1) is 12.4. The van der Waals surface area contributed by atoms with Crippen LogP contribution >= 0.6 is 11.8 Å². The Labute approximate surface area is 163 Å². The summed E-state index contributed by atoms with van der Waals surface area (Å²) in [5, 5.41) is 5.58. The van der Waals surface area contributed by atoms with Crippen molar-refractivity contribution in [2.75, 3.05) is 51.6 Å². The second-order valence-corrected chi connectivity index (χ2v) is 8.31. The fraction of sp³-hybridized carbons (Fsp3) is 0.889. The van der Waals surface area contributed by atoms with Gasteiger partial charge >= 0.3 is 0 Å². The number of rotatable bonds is 16. The van der Waals surface area contributed by atoms with Gasteiger partial charge in [0.25, 0.3) is 0 Å². The van der Waals surface area contributed by atoms with Crippen molar-refractivity contribution in [2.24, 2.45) is 11.5 Å². The summed E-state index contributed by atoms with van der Waals surface area (Å²) in [7, 11) is 0. The zero-order valence-corrected chi connectivity index (χ0v) is 17.6. The molecule has 0 aromatic carbocycles. The van der Waals surface area contributed by atoms with E-state index in [1.54, 1.807) is 0 Å². The summed E-state index contributed by atoms with van der Waals surface area (Å²) < 4.78 is 0.294. The lowest BCUT2D eigenvalue weighted by Crippen LogP contribution is -2.37. The number of amides is 2. The van der Waals surface area contributed by atoms with E-state index in [1.165, 1.54) is 0 Å². The van der Waals surface area contributed by atoms with Crippen LogP contribution in [-0.2, 0) is 9.59 Å². The highest BCUT2D eigenvalue weighted by Crippen LogP contribution is 2.31. The zero-order valence-electron chi connectivity index (χ0n) is 16.8. The molecule has 0 saturated heterocycles. The molecule has 0 heterocycles. The van der Waals surface area contributed by atoms with Gasteiger partial charge in [-0.05, 0) is 12.8 Å². The van der Waals surface area contributed by atoms with Gasteiger partial charge in [0.1, 0.15) is 0 Å². The molecular weight excluding hydrogens is 350 g/mol. The Balaban J connectivity index is 4.42. The number of carbonyl (C=O) groups is 2. The van der Waals surface area contributed by atoms with Crippen LogP contribution in [0, 0.1) is 0 Å². The second-order valence-electron chi connectivity index (χ2n) is 6.62. The van der Waals surface area contributed by atoms with E-state index in [0.29, 0.717) is 56.9 Å². The molecule has 0 aliphatic rings. The molecule has 0 aromatic rings. The van der Waals surface area contributed by atoms with E-state index >= 15 is 0 Å². The lowest BCUT2D eigenvalue weighted by atomic mass is 10.1. The van der Waals surface area contributed by atoms with Crippen LogP contribution in [0.4, 0.5) is 0 Å². The third kappa shape index (κ3) is 12.5. The molecule has 8 heteroatoms. The molecule has 0 aromatic heterocycles. The summed E-state index contributed by atoms with van der Waals surface area (Å²) in [4.78, 5) is 25.8. The lowest BCUT2D eigenvalue weighted by Gasteiger charge is -2.28. The minimum atomic E-state index is 0.00708. The molecule has 6 N–H and O–H groups in total. The minimum absolute atomic E-state index is 0.00708. The third-order valence-corrected chi connectivity index (χ3v) is 6.26. The first kappa shape index (κ1) is 25.2. The molecule has 0 aliphatic carbocycles. The predicted molar refractivity (Wildman–Crippen MR) is 111 cm³/mol. The predicted octanol–water partition coefficient (Wildman–Crippen LogP) is 0.530. The van der Waals surface area contributed by atoms with Crippen LogP contribution < -0.4 is 22.1 Å². The zero-order chi connectivity index (χ0) is 19.8. The van der Waals surface area contributed by atoms with Crippen LogP contribution in [0.3, 0.4) is 0 Å². The van der Waals surface area contributed by atoms with E-state index in [4.69, 9.17) is 11.5 Å². The maximum atomic E-state index is 11.8. The summed E-state index contributed by atoms with van der Waals surface area (Å²) in [6.07, 6.45) is 3.12. The smallest absolute Gasteiger partial charge is 0.221 e. The molecule has 0 bridgehead atoms. The molecule has 2 amide bonds. The Morgan fingerprint density at radius 2 is 1.38 bits per heavy atom. The Morgan fingerprint density at radius 3 is 1.77 bits per heavy atom. The summed E-state index contributed by atoms with van der Waals surface area (Å²) in [6.45, 7) is 10.8. The molecule has 154 valence electrons. The molecule has 0 radical (unpaired) electrons. The van der Waals surface area contributed by atoms with Crippen molar-refractivity contribution in [2.45, 2.75) is 51.2 Å². The van der Waals surface area contributed by atoms with Crippen LogP contribution in [0.15, 0.2) is 0 Å². The van der Waals surface area contributed by atoms with E-state index in [1.807, 2.05) is 11.8 Å². The van der Waals surface area contributed by atoms with E-state index in [2.05, 4.69) is 36.3 Å². The van der Waals surface area contributed by atoms with Crippen LogP contribution in [0.5, 0.6) is 0 Å². The highest BCUT2D eigenvalue weighted by molar-refractivity contribution is 8.00. The molecule has 0 spiro atoms. The maximum Gasteiger partial charge on any atom is 0.221 e. The van der Waals surface area contributed by atoms with Crippen LogP contribution in [-0.4, -0.2) is 73.0 Å². The topological polar surface area (TPSA) is 113 Å². The number of hydrogen-bond donors (Lipinski definition) is 4. The van der Waals surface area contributed by atoms with Crippen molar-refractivity contribution in [1.82, 2.24) is 15.5 Å². The molecule has 0 aliphatic heterocycles. The molecule has 0 saturated carbocycles. The summed E-state index contributed by atoms with van der Waals surface area (Å²) >= 11 is 1.97. The summed E-state index contributed by atoms with van der Waals surface area (Å²) in [5.74, 6) is 1.01. The van der Waals surface area contributed by atoms with Gasteiger partial charge in [0.2, 0.25) is 11.8 Å². The summed E-state index contributed by atoms with van der Waals surface area (Å²) in [6, 6.07) is 0. The molecule has 0 atom stereocenters. The number of nitrogens with zero attached hydrogens (tertiary/aromatic N) is 1. The Hall–Kier alpha value is -0.830. The summed E-state index contributed by atoms with van der Waals surface area (Å²) in [5.41, 5.74) is 10.8. The van der Waals surface area contributed by atoms with Gasteiger partial charge in [-0.15, -0.1) is 0 Å². The fourth-order valence-corrected chi connectivity index (χ4v) is 3.58. The van der Waals surface area contributed by atoms with Crippen LogP contribution in [0.2, 0.25) is 0 Å². The Kier molecular flexibility index (Phi) is 14.8. The molecule has 0 rings (SSSR count). The molecule has 0 unspecified atom stereocenters. The number of hydrogen-bond acceptors (Lipinski definition) is 6. The van der Waals surface area contributed by atoms with Crippen molar-refractivity contribution < 1.29 is 9.59 Å². The highest BCUT2D eigenvalue weighted by Gasteiger charge is 2.20. The monoisotopic (exact) mass is 389 g/mol. The van der Waals surface area contributed by atoms with Crippen LogP contribution in [0.25, 0.3) is 0 Å². The molecule has 26 heavy (non-hydrogen) atoms. The molecule has 7 nitrogen and oxygen atoms in total. The molecule has 0 fully saturated rings. The average molecular weight is 390 g/mol. The SMILES string of the molecule is CCC(C)(CC)SCCN(CCC(=O)NCCN)CCC(=O)NCCN. The van der Waals surface area contributed by atoms with Gasteiger partial charge in [-0.2, -0.15) is 11.8 Å². The van der Waals surface area contributed by atoms with Gasteiger partial charge in [-0.25, -0.2) is 0 Å². The van der Waals surface area contributed by atoms with Gasteiger partial charge < -0.3 is 27.0 Å². The Morgan fingerprint density at radius 1 is 0.923 bits per heavy atom. The van der Waals surface area contributed by atoms with Gasteiger partial charge in [0, 0.05) is 69.2 Å². The van der Waals surface area contributed by atoms with Gasteiger partial charge in [0.15, 0.2) is 0 Å². The van der Waals surface area contributed by atoms with E-state index in [0.717, 1.165) is 25.1 Å². The normalized spacial score (nSPS) is 11.6. The fourth-order valence-electron chi connectivity index (χ4n) is 2.33. The van der Waals surface area contributed by atoms with Crippen molar-refractivity contribution in [3.8, 4) is 0 Å². The van der Waals surface area contributed by atoms with E-state index in [-0.39, 0.29) is 11.8 Å². The van der Waals surface area contributed by atoms with Gasteiger partial charge in [0.05, 0.1) is 0 Å². The van der Waals surface area contributed by atoms with Crippen molar-refractivity contribution in [1.29, 1.82) is 0 Å². The highest BCUT2D eigenvalue weighted by atomic mass is 32.2. The van der Waals surface area contributed by atoms with Crippen molar-refractivity contribution >= 4 is 23.6 Å². The third-order valence-electron chi connectivity index (χ3n) is 4.60. The van der Waals surface area contributed by atoms with Crippen molar-refractivity contribution in [3.63, 3.8) is 0 Å². The first-order valence-electron chi connectivity index (χ1n) is 9.70. The Bertz CT molecular complexity index is 368. The number of nitrogens with two attached hydrogens (primary N) is 2. The van der Waals surface area contributed by atoms with Gasteiger partial charge in [-0.3, -0.25) is 9.59 Å². The van der Waals surface area contributed by atoms with Crippen LogP contribution in [0.1, 0.15) is 46.5 Å². The average Bonchev–Trinajstić information content (AvgIpc) is 2.65. The quantitative estimate of drug-likeness (QED) is 0.306. The first-order valence-corrected chi connectivity index (χ1v) is 10.7. The molecular formula is C18H39N5O2S. The number of carbonyl (C=O) groups excluding carboxylic acids is 2. The largest absolute Gasteiger partial charge is 0.355 e. The standard InChI is InChI=1S/C18H39N5O2S/c1-4-18(3,5-2)26-15-14-23(12-6-16(24)21-10-8-19)13-7-17(25)22-11-9-20/h4-15,19-20H2,1-3H3,(H,21,24)(H,22,25). The lowest BCUT2D eigenvalue weighted by molar-refractivity contribution is -0.121.